The second-order valence-corrected chi connectivity index (χ2v) is 12.6. The van der Waals surface area contributed by atoms with Gasteiger partial charge in [-0.25, -0.2) is 0 Å². The molecule has 0 aromatic heterocycles. The molecule has 4 heteroatoms. The van der Waals surface area contributed by atoms with Crippen molar-refractivity contribution in [2.24, 2.45) is 11.8 Å². The fourth-order valence-corrected chi connectivity index (χ4v) is 4.47. The van der Waals surface area contributed by atoms with Crippen molar-refractivity contribution in [3.8, 4) is 11.5 Å². The van der Waals surface area contributed by atoms with Crippen LogP contribution in [0.5, 0.6) is 11.5 Å². The third-order valence-electron chi connectivity index (χ3n) is 5.40. The van der Waals surface area contributed by atoms with Gasteiger partial charge in [0.2, 0.25) is 0 Å². The highest BCUT2D eigenvalue weighted by Gasteiger charge is 2.24. The topological polar surface area (TPSA) is 38.7 Å². The molecule has 0 spiro atoms. The summed E-state index contributed by atoms with van der Waals surface area (Å²) >= 11 is 0. The van der Waals surface area contributed by atoms with E-state index in [9.17, 15) is 4.89 Å². The minimum Gasteiger partial charge on any atom is -0.418 e. The van der Waals surface area contributed by atoms with Crippen LogP contribution in [-0.2, 0) is 23.7 Å². The van der Waals surface area contributed by atoms with Crippen LogP contribution < -0.4 is 9.05 Å². The molecule has 0 aliphatic carbocycles. The molecule has 0 radical (unpaired) electrons. The molecule has 32 heavy (non-hydrogen) atoms. The van der Waals surface area contributed by atoms with Crippen molar-refractivity contribution in [1.82, 2.24) is 0 Å². The number of benzene rings is 2. The maximum atomic E-state index is 10.8. The highest BCUT2D eigenvalue weighted by Crippen LogP contribution is 2.43. The quantitative estimate of drug-likeness (QED) is 0.404. The Bertz CT molecular complexity index is 889. The van der Waals surface area contributed by atoms with Gasteiger partial charge >= 0.3 is 8.60 Å². The van der Waals surface area contributed by atoms with Crippen LogP contribution in [0.4, 0.5) is 0 Å². The van der Waals surface area contributed by atoms with E-state index in [1.807, 2.05) is 12.1 Å². The highest BCUT2D eigenvalue weighted by atomic mass is 31.2. The summed E-state index contributed by atoms with van der Waals surface area (Å²) < 4.78 is 12.0. The average Bonchev–Trinajstić information content (AvgIpc) is 2.61. The second kappa shape index (κ2) is 10.6. The molecule has 3 nitrogen and oxygen atoms in total. The first-order chi connectivity index (χ1) is 14.7. The molecule has 1 atom stereocenters. The van der Waals surface area contributed by atoms with Crippen LogP contribution in [0.1, 0.15) is 91.5 Å². The molecule has 178 valence electrons. The molecule has 2 aromatic carbocycles. The Hall–Kier alpha value is -1.57. The summed E-state index contributed by atoms with van der Waals surface area (Å²) in [6.45, 7) is 22.0. The van der Waals surface area contributed by atoms with E-state index in [0.29, 0.717) is 23.3 Å². The van der Waals surface area contributed by atoms with Gasteiger partial charge in [-0.05, 0) is 64.3 Å². The van der Waals surface area contributed by atoms with Crippen molar-refractivity contribution in [1.29, 1.82) is 0 Å². The van der Waals surface area contributed by atoms with Crippen LogP contribution in [0, 0.1) is 11.8 Å². The first kappa shape index (κ1) is 26.7. The molecular weight excluding hydrogens is 415 g/mol. The molecule has 1 N–H and O–H groups in total. The summed E-state index contributed by atoms with van der Waals surface area (Å²) in [5, 5.41) is 0. The van der Waals surface area contributed by atoms with Gasteiger partial charge in [0.1, 0.15) is 11.5 Å². The zero-order chi connectivity index (χ0) is 24.3. The predicted molar refractivity (Wildman–Crippen MR) is 138 cm³/mol. The van der Waals surface area contributed by atoms with E-state index in [4.69, 9.17) is 9.05 Å². The van der Waals surface area contributed by atoms with Crippen molar-refractivity contribution in [3.05, 3.63) is 58.7 Å². The Labute approximate surface area is 197 Å². The first-order valence-electron chi connectivity index (χ1n) is 11.8. The highest BCUT2D eigenvalue weighted by molar-refractivity contribution is 7.41. The third kappa shape index (κ3) is 7.78. The summed E-state index contributed by atoms with van der Waals surface area (Å²) in [7, 11) is -2.10. The Balaban J connectivity index is 2.29. The van der Waals surface area contributed by atoms with Crippen LogP contribution in [0.15, 0.2) is 36.4 Å². The molecule has 0 amide bonds. The Kier molecular flexibility index (Phi) is 8.82. The summed E-state index contributed by atoms with van der Waals surface area (Å²) in [4.78, 5) is 10.8. The van der Waals surface area contributed by atoms with Crippen LogP contribution >= 0.6 is 8.60 Å². The summed E-state index contributed by atoms with van der Waals surface area (Å²) in [5.74, 6) is 2.46. The third-order valence-corrected chi connectivity index (χ3v) is 6.11. The number of hydrogen-bond acceptors (Lipinski definition) is 3. The molecule has 0 heterocycles. The average molecular weight is 459 g/mol. The van der Waals surface area contributed by atoms with Crippen molar-refractivity contribution in [2.45, 2.75) is 92.9 Å². The van der Waals surface area contributed by atoms with Crippen molar-refractivity contribution < 1.29 is 13.9 Å². The van der Waals surface area contributed by atoms with Gasteiger partial charge in [0, 0.05) is 5.56 Å². The van der Waals surface area contributed by atoms with E-state index in [1.54, 1.807) is 0 Å². The van der Waals surface area contributed by atoms with Gasteiger partial charge < -0.3 is 13.9 Å². The molecule has 2 aromatic rings. The molecule has 1 unspecified atom stereocenters. The van der Waals surface area contributed by atoms with Crippen molar-refractivity contribution in [3.63, 3.8) is 0 Å². The monoisotopic (exact) mass is 458 g/mol. The van der Waals surface area contributed by atoms with E-state index in [-0.39, 0.29) is 10.8 Å². The molecule has 0 saturated heterocycles. The van der Waals surface area contributed by atoms with Crippen molar-refractivity contribution >= 4 is 8.60 Å². The fraction of sp³-hybridized carbons (Fsp3) is 0.571. The first-order valence-corrected chi connectivity index (χ1v) is 12.9. The predicted octanol–water partition coefficient (Wildman–Crippen LogP) is 8.36. The molecule has 0 bridgehead atoms. The Morgan fingerprint density at radius 2 is 1.31 bits per heavy atom. The minimum absolute atomic E-state index is 0.0596. The smallest absolute Gasteiger partial charge is 0.418 e. The van der Waals surface area contributed by atoms with Gasteiger partial charge in [-0.3, -0.25) is 0 Å². The maximum absolute atomic E-state index is 10.8. The largest absolute Gasteiger partial charge is 0.460 e. The molecule has 0 aliphatic heterocycles. The molecule has 2 rings (SSSR count). The lowest BCUT2D eigenvalue weighted by atomic mass is 9.84. The van der Waals surface area contributed by atoms with E-state index in [1.165, 1.54) is 11.1 Å². The Morgan fingerprint density at radius 1 is 0.750 bits per heavy atom. The Morgan fingerprint density at radius 3 is 1.84 bits per heavy atom. The van der Waals surface area contributed by atoms with Crippen LogP contribution in [-0.4, -0.2) is 4.89 Å². The minimum atomic E-state index is -2.10. The van der Waals surface area contributed by atoms with Crippen LogP contribution in [0.25, 0.3) is 0 Å². The zero-order valence-corrected chi connectivity index (χ0v) is 22.6. The van der Waals surface area contributed by atoms with Gasteiger partial charge in [-0.2, -0.15) is 0 Å². The molecule has 0 fully saturated rings. The van der Waals surface area contributed by atoms with Gasteiger partial charge in [0.25, 0.3) is 0 Å². The van der Waals surface area contributed by atoms with Gasteiger partial charge in [-0.15, -0.1) is 0 Å². The number of hydrogen-bond donors (Lipinski definition) is 1. The summed E-state index contributed by atoms with van der Waals surface area (Å²) in [6, 6.07) is 12.6. The lowest BCUT2D eigenvalue weighted by Gasteiger charge is -2.25. The molecular formula is C28H43O3P. The standard InChI is InChI=1S/C28H43O3P/c1-19(2)15-21-11-13-26(24(17-21)28(8,9)10)31-32(29)30-25-14-12-23(27(5,6)7)18-22(25)16-20(3)4/h11-14,17-20,29H,15-16H2,1-10H3. The molecule has 0 saturated carbocycles. The zero-order valence-electron chi connectivity index (χ0n) is 21.7. The lowest BCUT2D eigenvalue weighted by Crippen LogP contribution is -2.14. The van der Waals surface area contributed by atoms with Gasteiger partial charge in [0.05, 0.1) is 0 Å². The SMILES string of the molecule is CC(C)Cc1ccc(OP(O)Oc2ccc(C(C)(C)C)cc2CC(C)C)c(C(C)(C)C)c1. The van der Waals surface area contributed by atoms with Gasteiger partial charge in [-0.1, -0.05) is 93.5 Å². The van der Waals surface area contributed by atoms with E-state index in [2.05, 4.69) is 93.5 Å². The van der Waals surface area contributed by atoms with Crippen molar-refractivity contribution in [2.75, 3.05) is 0 Å². The maximum Gasteiger partial charge on any atom is 0.460 e. The van der Waals surface area contributed by atoms with E-state index < -0.39 is 8.60 Å². The molecule has 0 aliphatic rings. The van der Waals surface area contributed by atoms with E-state index in [0.717, 1.165) is 24.0 Å². The summed E-state index contributed by atoms with van der Waals surface area (Å²) in [5.41, 5.74) is 4.71. The normalized spacial score (nSPS) is 13.5. The van der Waals surface area contributed by atoms with Gasteiger partial charge in [0.15, 0.2) is 0 Å². The van der Waals surface area contributed by atoms with Crippen LogP contribution in [0.3, 0.4) is 0 Å². The number of rotatable bonds is 8. The summed E-state index contributed by atoms with van der Waals surface area (Å²) in [6.07, 6.45) is 1.91. The van der Waals surface area contributed by atoms with E-state index >= 15 is 0 Å². The second-order valence-electron chi connectivity index (χ2n) is 11.8. The van der Waals surface area contributed by atoms with Crippen LogP contribution in [0.2, 0.25) is 0 Å². The lowest BCUT2D eigenvalue weighted by molar-refractivity contribution is 0.373. The fourth-order valence-electron chi connectivity index (χ4n) is 3.76.